The largest absolute Gasteiger partial charge is 1.00 e. The Labute approximate surface area is 89.7 Å². The first-order chi connectivity index (χ1) is 5.95. The Hall–Kier alpha value is 0.363. The van der Waals surface area contributed by atoms with Gasteiger partial charge in [0.15, 0.2) is 0 Å². The number of rotatable bonds is 2. The molecule has 0 atom stereocenters. The summed E-state index contributed by atoms with van der Waals surface area (Å²) in [5.74, 6) is 0. The van der Waals surface area contributed by atoms with Crippen molar-refractivity contribution in [1.82, 2.24) is 0 Å². The standard InChI is InChI=1S/C6H11.C5H5.Zr.2H/c1-2-4-6-5-3-1;1-2-4-5-3-1;;;/h1H,2-6H2;1-3H,4H2;;;/q;;+2;2*-1. The zero-order valence-corrected chi connectivity index (χ0v) is 10.0. The molecule has 2 rings (SSSR count). The van der Waals surface area contributed by atoms with Gasteiger partial charge >= 0.3 is 86.9 Å². The average Bonchev–Trinajstić information content (AvgIpc) is 2.59. The fraction of sp³-hybridized carbons (Fsp3) is 0.636. The molecule has 0 aromatic rings. The molecule has 0 bridgehead atoms. The quantitative estimate of drug-likeness (QED) is 0.688. The molecule has 0 aliphatic heterocycles. The van der Waals surface area contributed by atoms with Gasteiger partial charge in [-0.05, 0) is 0 Å². The van der Waals surface area contributed by atoms with Crippen molar-refractivity contribution >= 4 is 0 Å². The summed E-state index contributed by atoms with van der Waals surface area (Å²) in [6.45, 7) is 0. The number of hydrogen-bond donors (Lipinski definition) is 0. The Morgan fingerprint density at radius 1 is 1.25 bits per heavy atom. The second-order valence-electron chi connectivity index (χ2n) is 3.80. The van der Waals surface area contributed by atoms with Crippen LogP contribution in [-0.2, 0) is 23.2 Å². The molecule has 0 saturated heterocycles. The molecule has 0 N–H and O–H groups in total. The van der Waals surface area contributed by atoms with E-state index in [0.717, 1.165) is 0 Å². The van der Waals surface area contributed by atoms with Crippen LogP contribution in [0.15, 0.2) is 21.5 Å². The Morgan fingerprint density at radius 3 is 2.75 bits per heavy atom. The van der Waals surface area contributed by atoms with Crippen LogP contribution in [0.5, 0.6) is 0 Å². The predicted octanol–water partition coefficient (Wildman–Crippen LogP) is 3.89. The van der Waals surface area contributed by atoms with Crippen molar-refractivity contribution in [3.05, 3.63) is 21.5 Å². The van der Waals surface area contributed by atoms with Gasteiger partial charge in [-0.15, -0.1) is 0 Å². The fourth-order valence-corrected chi connectivity index (χ4v) is 6.12. The average molecular weight is 241 g/mol. The number of allylic oxidation sites excluding steroid dienone is 4. The minimum absolute atomic E-state index is 0. The molecule has 2 aliphatic carbocycles. The van der Waals surface area contributed by atoms with Gasteiger partial charge in [0.25, 0.3) is 0 Å². The van der Waals surface area contributed by atoms with Gasteiger partial charge in [-0.25, -0.2) is 0 Å². The van der Waals surface area contributed by atoms with Crippen LogP contribution in [0.4, 0.5) is 0 Å². The first-order valence-electron chi connectivity index (χ1n) is 5.07. The Balaban J connectivity index is 0.000000845. The first kappa shape index (κ1) is 8.94. The van der Waals surface area contributed by atoms with E-state index < -0.39 is 0 Å². The Morgan fingerprint density at radius 2 is 2.08 bits per heavy atom. The molecule has 0 unspecified atom stereocenters. The molecule has 0 radical (unpaired) electrons. The maximum absolute atomic E-state index is 2.39. The van der Waals surface area contributed by atoms with Crippen molar-refractivity contribution < 1.29 is 26.1 Å². The minimum Gasteiger partial charge on any atom is -1.00 e. The van der Waals surface area contributed by atoms with Crippen molar-refractivity contribution in [3.63, 3.8) is 0 Å². The van der Waals surface area contributed by atoms with Gasteiger partial charge in [0.05, 0.1) is 0 Å². The van der Waals surface area contributed by atoms with E-state index in [1.807, 2.05) is 3.28 Å². The molecule has 1 saturated carbocycles. The predicted molar refractivity (Wildman–Crippen MR) is 50.9 cm³/mol. The summed E-state index contributed by atoms with van der Waals surface area (Å²) >= 11 is -0.137. The zero-order chi connectivity index (χ0) is 8.23. The van der Waals surface area contributed by atoms with Crippen LogP contribution in [-0.4, -0.2) is 0 Å². The van der Waals surface area contributed by atoms with Gasteiger partial charge in [-0.3, -0.25) is 0 Å². The van der Waals surface area contributed by atoms with Crippen molar-refractivity contribution in [2.75, 3.05) is 0 Å². The molecular weight excluding hydrogens is 223 g/mol. The third kappa shape index (κ3) is 2.42. The number of hydrogen-bond acceptors (Lipinski definition) is 0. The van der Waals surface area contributed by atoms with Gasteiger partial charge in [-0.1, -0.05) is 0 Å². The van der Waals surface area contributed by atoms with Crippen LogP contribution in [0.3, 0.4) is 0 Å². The van der Waals surface area contributed by atoms with E-state index in [1.54, 1.807) is 12.8 Å². The van der Waals surface area contributed by atoms with Crippen molar-refractivity contribution in [2.24, 2.45) is 0 Å². The van der Waals surface area contributed by atoms with Crippen LogP contribution in [0.25, 0.3) is 0 Å². The maximum atomic E-state index is 2.39. The Bertz CT molecular complexity index is 205. The van der Waals surface area contributed by atoms with E-state index in [4.69, 9.17) is 0 Å². The summed E-state index contributed by atoms with van der Waals surface area (Å²) in [6.07, 6.45) is 15.9. The molecular formula is C11H18Zr. The van der Waals surface area contributed by atoms with Crippen molar-refractivity contribution in [2.45, 2.75) is 42.2 Å². The topological polar surface area (TPSA) is 0 Å². The molecule has 0 aromatic heterocycles. The van der Waals surface area contributed by atoms with E-state index in [9.17, 15) is 0 Å². The van der Waals surface area contributed by atoms with Crippen molar-refractivity contribution in [1.29, 1.82) is 0 Å². The molecule has 0 amide bonds. The van der Waals surface area contributed by atoms with Gasteiger partial charge in [0.2, 0.25) is 0 Å². The third-order valence-electron chi connectivity index (χ3n) is 2.77. The van der Waals surface area contributed by atoms with E-state index >= 15 is 0 Å². The van der Waals surface area contributed by atoms with E-state index in [1.165, 1.54) is 29.3 Å². The molecule has 0 nitrogen and oxygen atoms in total. The van der Waals surface area contributed by atoms with Crippen LogP contribution in [0.1, 0.15) is 41.4 Å². The zero-order valence-electron chi connectivity index (χ0n) is 9.55. The first-order valence-corrected chi connectivity index (χ1v) is 7.72. The second-order valence-corrected chi connectivity index (χ2v) is 8.10. The van der Waals surface area contributed by atoms with E-state index in [-0.39, 0.29) is 26.1 Å². The normalized spacial score (nSPS) is 23.8. The smallest absolute Gasteiger partial charge is 1.00 e. The van der Waals surface area contributed by atoms with Crippen LogP contribution in [0.2, 0.25) is 3.63 Å². The van der Waals surface area contributed by atoms with Crippen LogP contribution < -0.4 is 0 Å². The Kier molecular flexibility index (Phi) is 3.40. The summed E-state index contributed by atoms with van der Waals surface area (Å²) in [5.41, 5.74) is 0. The summed E-state index contributed by atoms with van der Waals surface area (Å²) in [6, 6.07) is 0. The second kappa shape index (κ2) is 4.56. The monoisotopic (exact) mass is 240 g/mol. The SMILES string of the molecule is C1=CC[C]([Zr+2][CH]2CCCCC2)=C1.[H-].[H-]. The van der Waals surface area contributed by atoms with Gasteiger partial charge < -0.3 is 2.85 Å². The molecule has 1 fully saturated rings. The maximum Gasteiger partial charge on any atom is -1.00 e. The molecule has 0 aromatic carbocycles. The summed E-state index contributed by atoms with van der Waals surface area (Å²) in [4.78, 5) is 0. The molecule has 1 heteroatoms. The molecule has 66 valence electrons. The van der Waals surface area contributed by atoms with Gasteiger partial charge in [-0.2, -0.15) is 0 Å². The van der Waals surface area contributed by atoms with Crippen LogP contribution in [0, 0.1) is 0 Å². The van der Waals surface area contributed by atoms with Gasteiger partial charge in [0.1, 0.15) is 0 Å². The summed E-state index contributed by atoms with van der Waals surface area (Å²) in [7, 11) is 0. The molecule has 12 heavy (non-hydrogen) atoms. The molecule has 0 spiro atoms. The molecule has 0 heterocycles. The van der Waals surface area contributed by atoms with E-state index in [0.29, 0.717) is 0 Å². The van der Waals surface area contributed by atoms with Crippen molar-refractivity contribution in [3.8, 4) is 0 Å². The molecule has 2 aliphatic rings. The fourth-order valence-electron chi connectivity index (χ4n) is 2.06. The third-order valence-corrected chi connectivity index (χ3v) is 7.01. The van der Waals surface area contributed by atoms with Gasteiger partial charge in [0, 0.05) is 0 Å². The van der Waals surface area contributed by atoms with E-state index in [2.05, 4.69) is 18.2 Å². The summed E-state index contributed by atoms with van der Waals surface area (Å²) in [5, 5.41) is 0. The summed E-state index contributed by atoms with van der Waals surface area (Å²) < 4.78 is 3.03. The van der Waals surface area contributed by atoms with Crippen LogP contribution >= 0.6 is 0 Å². The minimum atomic E-state index is -0.137.